The van der Waals surface area contributed by atoms with E-state index in [1.807, 2.05) is 12.3 Å². The van der Waals surface area contributed by atoms with Gasteiger partial charge in [-0.15, -0.1) is 11.3 Å². The molecule has 0 fully saturated rings. The minimum Gasteiger partial charge on any atom is -0.373 e. The Labute approximate surface area is 122 Å². The number of hydrogen-bond donors (Lipinski definition) is 2. The van der Waals surface area contributed by atoms with E-state index >= 15 is 0 Å². The summed E-state index contributed by atoms with van der Waals surface area (Å²) in [4.78, 5) is 20.9. The molecule has 2 heterocycles. The van der Waals surface area contributed by atoms with Gasteiger partial charge in [-0.25, -0.2) is 9.97 Å². The number of thiazole rings is 1. The summed E-state index contributed by atoms with van der Waals surface area (Å²) < 4.78 is 0. The quantitative estimate of drug-likeness (QED) is 0.907. The zero-order valence-electron chi connectivity index (χ0n) is 12.0. The van der Waals surface area contributed by atoms with Crippen LogP contribution in [0.5, 0.6) is 0 Å². The third-order valence-corrected chi connectivity index (χ3v) is 3.58. The molecule has 2 rings (SSSR count). The van der Waals surface area contributed by atoms with Crippen molar-refractivity contribution in [2.45, 2.75) is 26.7 Å². The molecule has 0 saturated carbocycles. The zero-order chi connectivity index (χ0) is 14.7. The Morgan fingerprint density at radius 3 is 2.65 bits per heavy atom. The van der Waals surface area contributed by atoms with Crippen molar-refractivity contribution in [2.24, 2.45) is 0 Å². The first kappa shape index (κ1) is 14.5. The summed E-state index contributed by atoms with van der Waals surface area (Å²) in [6.45, 7) is 6.01. The standard InChI is InChI=1S/C14H18N4OS/c1-8(2)11-7-20-14(17-11)18-13(19)10-5-9(3)16-12(6-10)15-4/h5-8H,1-4H3,(H,15,16)(H,17,18,19). The van der Waals surface area contributed by atoms with Gasteiger partial charge in [0, 0.05) is 23.7 Å². The number of aryl methyl sites for hydroxylation is 1. The van der Waals surface area contributed by atoms with E-state index in [9.17, 15) is 4.79 Å². The molecule has 0 bridgehead atoms. The molecule has 0 aliphatic heterocycles. The van der Waals surface area contributed by atoms with Crippen LogP contribution in [0.1, 0.15) is 41.5 Å². The summed E-state index contributed by atoms with van der Waals surface area (Å²) in [5.74, 6) is 0.866. The summed E-state index contributed by atoms with van der Waals surface area (Å²) in [7, 11) is 1.78. The van der Waals surface area contributed by atoms with Gasteiger partial charge in [0.05, 0.1) is 5.69 Å². The molecule has 2 aromatic rings. The minimum atomic E-state index is -0.170. The molecular weight excluding hydrogens is 272 g/mol. The van der Waals surface area contributed by atoms with E-state index < -0.39 is 0 Å². The molecule has 0 aliphatic carbocycles. The third-order valence-electron chi connectivity index (χ3n) is 2.81. The van der Waals surface area contributed by atoms with Gasteiger partial charge in [0.2, 0.25) is 0 Å². The van der Waals surface area contributed by atoms with E-state index in [0.717, 1.165) is 11.4 Å². The summed E-state index contributed by atoms with van der Waals surface area (Å²) in [6, 6.07) is 3.48. The van der Waals surface area contributed by atoms with Crippen LogP contribution in [-0.2, 0) is 0 Å². The second-order valence-corrected chi connectivity index (χ2v) is 5.68. The molecule has 20 heavy (non-hydrogen) atoms. The second kappa shape index (κ2) is 6.00. The van der Waals surface area contributed by atoms with Crippen LogP contribution in [0.15, 0.2) is 17.5 Å². The van der Waals surface area contributed by atoms with Crippen molar-refractivity contribution >= 4 is 28.2 Å². The second-order valence-electron chi connectivity index (χ2n) is 4.82. The van der Waals surface area contributed by atoms with Gasteiger partial charge in [-0.1, -0.05) is 13.8 Å². The maximum absolute atomic E-state index is 12.2. The fraction of sp³-hybridized carbons (Fsp3) is 0.357. The van der Waals surface area contributed by atoms with Crippen molar-refractivity contribution in [3.8, 4) is 0 Å². The van der Waals surface area contributed by atoms with Crippen molar-refractivity contribution < 1.29 is 4.79 Å². The molecule has 0 unspecified atom stereocenters. The van der Waals surface area contributed by atoms with Gasteiger partial charge < -0.3 is 5.32 Å². The van der Waals surface area contributed by atoms with Gasteiger partial charge in [0.1, 0.15) is 5.82 Å². The normalized spacial score (nSPS) is 10.7. The highest BCUT2D eigenvalue weighted by atomic mass is 32.1. The molecule has 2 N–H and O–H groups in total. The van der Waals surface area contributed by atoms with Crippen molar-refractivity contribution in [1.29, 1.82) is 0 Å². The van der Waals surface area contributed by atoms with Crippen LogP contribution in [0.25, 0.3) is 0 Å². The highest BCUT2D eigenvalue weighted by molar-refractivity contribution is 7.14. The molecule has 1 amide bonds. The molecule has 5 nitrogen and oxygen atoms in total. The Morgan fingerprint density at radius 2 is 2.05 bits per heavy atom. The van der Waals surface area contributed by atoms with Gasteiger partial charge in [-0.05, 0) is 25.0 Å². The van der Waals surface area contributed by atoms with E-state index in [-0.39, 0.29) is 5.91 Å². The lowest BCUT2D eigenvalue weighted by Crippen LogP contribution is -2.13. The van der Waals surface area contributed by atoms with Crippen molar-refractivity contribution in [3.63, 3.8) is 0 Å². The largest absolute Gasteiger partial charge is 0.373 e. The Morgan fingerprint density at radius 1 is 1.30 bits per heavy atom. The van der Waals surface area contributed by atoms with Crippen molar-refractivity contribution in [2.75, 3.05) is 17.7 Å². The maximum atomic E-state index is 12.2. The van der Waals surface area contributed by atoms with Gasteiger partial charge in [0.15, 0.2) is 5.13 Å². The topological polar surface area (TPSA) is 66.9 Å². The minimum absolute atomic E-state index is 0.170. The Hall–Kier alpha value is -1.95. The fourth-order valence-electron chi connectivity index (χ4n) is 1.71. The molecule has 0 aliphatic rings. The van der Waals surface area contributed by atoms with E-state index in [4.69, 9.17) is 0 Å². The van der Waals surface area contributed by atoms with Crippen LogP contribution in [-0.4, -0.2) is 22.9 Å². The molecular formula is C14H18N4OS. The van der Waals surface area contributed by atoms with Crippen LogP contribution < -0.4 is 10.6 Å². The number of hydrogen-bond acceptors (Lipinski definition) is 5. The predicted octanol–water partition coefficient (Wildman–Crippen LogP) is 3.26. The molecule has 6 heteroatoms. The highest BCUT2D eigenvalue weighted by Crippen LogP contribution is 2.22. The van der Waals surface area contributed by atoms with Crippen molar-refractivity contribution in [3.05, 3.63) is 34.5 Å². The van der Waals surface area contributed by atoms with E-state index in [0.29, 0.717) is 22.4 Å². The first-order chi connectivity index (χ1) is 9.49. The first-order valence-electron chi connectivity index (χ1n) is 6.43. The number of amides is 1. The monoisotopic (exact) mass is 290 g/mol. The lowest BCUT2D eigenvalue weighted by molar-refractivity contribution is 0.102. The summed E-state index contributed by atoms with van der Waals surface area (Å²) in [5, 5.41) is 8.36. The average Bonchev–Trinajstić information content (AvgIpc) is 2.86. The Balaban J connectivity index is 2.16. The number of anilines is 2. The van der Waals surface area contributed by atoms with Gasteiger partial charge in [0.25, 0.3) is 5.91 Å². The van der Waals surface area contributed by atoms with Crippen LogP contribution in [0.3, 0.4) is 0 Å². The van der Waals surface area contributed by atoms with E-state index in [1.165, 1.54) is 11.3 Å². The smallest absolute Gasteiger partial charge is 0.257 e. The van der Waals surface area contributed by atoms with Crippen LogP contribution >= 0.6 is 11.3 Å². The van der Waals surface area contributed by atoms with Crippen LogP contribution in [0.2, 0.25) is 0 Å². The van der Waals surface area contributed by atoms with Crippen LogP contribution in [0, 0.1) is 6.92 Å². The van der Waals surface area contributed by atoms with E-state index in [1.54, 1.807) is 19.2 Å². The number of rotatable bonds is 4. The Bertz CT molecular complexity index is 621. The molecule has 2 aromatic heterocycles. The van der Waals surface area contributed by atoms with Gasteiger partial charge in [-0.2, -0.15) is 0 Å². The molecule has 0 saturated heterocycles. The average molecular weight is 290 g/mol. The molecule has 0 radical (unpaired) electrons. The molecule has 0 aromatic carbocycles. The predicted molar refractivity (Wildman–Crippen MR) is 82.7 cm³/mol. The van der Waals surface area contributed by atoms with E-state index in [2.05, 4.69) is 34.4 Å². The molecule has 0 spiro atoms. The number of nitrogens with one attached hydrogen (secondary N) is 2. The molecule has 106 valence electrons. The Kier molecular flexibility index (Phi) is 4.34. The van der Waals surface area contributed by atoms with Gasteiger partial charge >= 0.3 is 0 Å². The zero-order valence-corrected chi connectivity index (χ0v) is 12.8. The highest BCUT2D eigenvalue weighted by Gasteiger charge is 2.12. The van der Waals surface area contributed by atoms with Crippen molar-refractivity contribution in [1.82, 2.24) is 9.97 Å². The number of aromatic nitrogens is 2. The molecule has 0 atom stereocenters. The lowest BCUT2D eigenvalue weighted by Gasteiger charge is -2.06. The summed E-state index contributed by atoms with van der Waals surface area (Å²) >= 11 is 1.44. The summed E-state index contributed by atoms with van der Waals surface area (Å²) in [6.07, 6.45) is 0. The summed E-state index contributed by atoms with van der Waals surface area (Å²) in [5.41, 5.74) is 2.36. The fourth-order valence-corrected chi connectivity index (χ4v) is 2.57. The number of nitrogens with zero attached hydrogens (tertiary/aromatic N) is 2. The third kappa shape index (κ3) is 3.33. The SMILES string of the molecule is CNc1cc(C(=O)Nc2nc(C(C)C)cs2)cc(C)n1. The maximum Gasteiger partial charge on any atom is 0.257 e. The number of pyridine rings is 1. The van der Waals surface area contributed by atoms with Gasteiger partial charge in [-0.3, -0.25) is 10.1 Å². The lowest BCUT2D eigenvalue weighted by atomic mass is 10.2. The number of carbonyl (C=O) groups is 1. The van der Waals surface area contributed by atoms with Crippen LogP contribution in [0.4, 0.5) is 10.9 Å². The first-order valence-corrected chi connectivity index (χ1v) is 7.30. The number of carbonyl (C=O) groups excluding carboxylic acids is 1.